The molecule has 0 bridgehead atoms. The minimum atomic E-state index is -0.815. The average molecular weight is 340 g/mol. The number of carbonyl (C=O) groups excluding carboxylic acids is 1. The first-order valence-electron chi connectivity index (χ1n) is 7.38. The molecule has 126 valence electrons. The van der Waals surface area contributed by atoms with E-state index in [0.717, 1.165) is 0 Å². The fraction of sp³-hybridized carbons (Fsp3) is 0.111. The molecule has 2 aromatic carbocycles. The molecule has 7 heteroatoms. The molecule has 4 rings (SSSR count). The van der Waals surface area contributed by atoms with Crippen molar-refractivity contribution in [3.63, 3.8) is 0 Å². The van der Waals surface area contributed by atoms with Gasteiger partial charge >= 0.3 is 11.6 Å². The molecule has 0 unspecified atom stereocenters. The van der Waals surface area contributed by atoms with Gasteiger partial charge in [-0.3, -0.25) is 0 Å². The van der Waals surface area contributed by atoms with E-state index in [1.807, 2.05) is 0 Å². The van der Waals surface area contributed by atoms with E-state index in [2.05, 4.69) is 0 Å². The van der Waals surface area contributed by atoms with Crippen LogP contribution in [0.15, 0.2) is 51.7 Å². The van der Waals surface area contributed by atoms with Gasteiger partial charge < -0.3 is 23.4 Å². The SMILES string of the molecule is COc1ccc2cc(C(=O)Oc3ccc4c(c3)OCO4)c(=O)oc2c1. The van der Waals surface area contributed by atoms with E-state index in [4.69, 9.17) is 23.4 Å². The molecular formula is C18H12O7. The van der Waals surface area contributed by atoms with E-state index in [0.29, 0.717) is 28.2 Å². The van der Waals surface area contributed by atoms with Gasteiger partial charge in [-0.2, -0.15) is 0 Å². The highest BCUT2D eigenvalue weighted by Gasteiger charge is 2.19. The molecule has 3 aromatic rings. The van der Waals surface area contributed by atoms with Crippen LogP contribution in [0.5, 0.6) is 23.0 Å². The summed E-state index contributed by atoms with van der Waals surface area (Å²) in [5.74, 6) is 1.02. The smallest absolute Gasteiger partial charge is 0.351 e. The molecule has 25 heavy (non-hydrogen) atoms. The number of benzene rings is 2. The average Bonchev–Trinajstić information content (AvgIpc) is 3.08. The van der Waals surface area contributed by atoms with Crippen molar-refractivity contribution in [1.82, 2.24) is 0 Å². The summed E-state index contributed by atoms with van der Waals surface area (Å²) in [5.41, 5.74) is -0.661. The third-order valence-corrected chi connectivity index (χ3v) is 3.72. The predicted molar refractivity (Wildman–Crippen MR) is 86.6 cm³/mol. The van der Waals surface area contributed by atoms with E-state index in [1.165, 1.54) is 19.2 Å². The summed E-state index contributed by atoms with van der Waals surface area (Å²) in [4.78, 5) is 24.4. The third-order valence-electron chi connectivity index (χ3n) is 3.72. The fourth-order valence-electron chi connectivity index (χ4n) is 2.46. The number of methoxy groups -OCH3 is 1. The number of esters is 1. The molecule has 0 radical (unpaired) electrons. The highest BCUT2D eigenvalue weighted by molar-refractivity contribution is 5.94. The number of rotatable bonds is 3. The van der Waals surface area contributed by atoms with Gasteiger partial charge in [-0.1, -0.05) is 0 Å². The number of ether oxygens (including phenoxy) is 4. The second-order valence-corrected chi connectivity index (χ2v) is 5.26. The Labute approximate surface area is 141 Å². The first kappa shape index (κ1) is 15.1. The number of fused-ring (bicyclic) bond motifs is 2. The van der Waals surface area contributed by atoms with Crippen LogP contribution in [0.2, 0.25) is 0 Å². The van der Waals surface area contributed by atoms with Gasteiger partial charge in [0, 0.05) is 17.5 Å². The molecule has 1 aliphatic rings. The van der Waals surface area contributed by atoms with E-state index in [9.17, 15) is 9.59 Å². The Balaban J connectivity index is 1.65. The Hall–Kier alpha value is -3.48. The minimum absolute atomic E-state index is 0.116. The van der Waals surface area contributed by atoms with Crippen molar-refractivity contribution in [3.8, 4) is 23.0 Å². The van der Waals surface area contributed by atoms with Crippen LogP contribution in [0, 0.1) is 0 Å². The summed E-state index contributed by atoms with van der Waals surface area (Å²) in [7, 11) is 1.51. The Morgan fingerprint density at radius 1 is 1.00 bits per heavy atom. The Morgan fingerprint density at radius 2 is 1.80 bits per heavy atom. The van der Waals surface area contributed by atoms with E-state index in [1.54, 1.807) is 30.3 Å². The van der Waals surface area contributed by atoms with Gasteiger partial charge in [-0.25, -0.2) is 9.59 Å². The van der Waals surface area contributed by atoms with E-state index in [-0.39, 0.29) is 18.1 Å². The van der Waals surface area contributed by atoms with E-state index >= 15 is 0 Å². The molecule has 0 amide bonds. The quantitative estimate of drug-likeness (QED) is 0.412. The normalized spacial score (nSPS) is 12.2. The van der Waals surface area contributed by atoms with Gasteiger partial charge in [0.1, 0.15) is 22.6 Å². The van der Waals surface area contributed by atoms with Crippen LogP contribution in [0.4, 0.5) is 0 Å². The Kier molecular flexibility index (Phi) is 3.53. The molecular weight excluding hydrogens is 328 g/mol. The fourth-order valence-corrected chi connectivity index (χ4v) is 2.46. The topological polar surface area (TPSA) is 84.2 Å². The van der Waals surface area contributed by atoms with Crippen molar-refractivity contribution in [2.75, 3.05) is 13.9 Å². The van der Waals surface area contributed by atoms with Crippen molar-refractivity contribution in [1.29, 1.82) is 0 Å². The first-order valence-corrected chi connectivity index (χ1v) is 7.38. The third kappa shape index (κ3) is 2.76. The maximum Gasteiger partial charge on any atom is 0.351 e. The zero-order valence-corrected chi connectivity index (χ0v) is 13.1. The van der Waals surface area contributed by atoms with Crippen LogP contribution >= 0.6 is 0 Å². The summed E-state index contributed by atoms with van der Waals surface area (Å²) in [6.07, 6.45) is 0. The largest absolute Gasteiger partial charge is 0.497 e. The maximum atomic E-state index is 12.3. The molecule has 7 nitrogen and oxygen atoms in total. The lowest BCUT2D eigenvalue weighted by molar-refractivity contribution is 0.0730. The predicted octanol–water partition coefficient (Wildman–Crippen LogP) is 2.75. The lowest BCUT2D eigenvalue weighted by Crippen LogP contribution is -2.18. The molecule has 0 aliphatic carbocycles. The zero-order chi connectivity index (χ0) is 17.4. The molecule has 0 fully saturated rings. The molecule has 0 atom stereocenters. The Bertz CT molecular complexity index is 1040. The molecule has 1 aromatic heterocycles. The van der Waals surface area contributed by atoms with Crippen molar-refractivity contribution < 1.29 is 28.2 Å². The number of carbonyl (C=O) groups is 1. The molecule has 0 N–H and O–H groups in total. The van der Waals surface area contributed by atoms with Crippen LogP contribution < -0.4 is 24.6 Å². The summed E-state index contributed by atoms with van der Waals surface area (Å²) < 4.78 is 25.9. The van der Waals surface area contributed by atoms with Gasteiger partial charge in [0.25, 0.3) is 0 Å². The highest BCUT2D eigenvalue weighted by atomic mass is 16.7. The second-order valence-electron chi connectivity index (χ2n) is 5.26. The first-order chi connectivity index (χ1) is 12.1. The van der Waals surface area contributed by atoms with Gasteiger partial charge in [0.2, 0.25) is 6.79 Å². The van der Waals surface area contributed by atoms with Gasteiger partial charge in [0.15, 0.2) is 11.5 Å². The van der Waals surface area contributed by atoms with Crippen LogP contribution in [-0.4, -0.2) is 19.9 Å². The number of hydrogen-bond donors (Lipinski definition) is 0. The summed E-state index contributed by atoms with van der Waals surface area (Å²) in [5, 5.41) is 0.582. The lowest BCUT2D eigenvalue weighted by Gasteiger charge is -2.06. The zero-order valence-electron chi connectivity index (χ0n) is 13.1. The molecule has 0 saturated carbocycles. The minimum Gasteiger partial charge on any atom is -0.497 e. The lowest BCUT2D eigenvalue weighted by atomic mass is 10.2. The monoisotopic (exact) mass is 340 g/mol. The summed E-state index contributed by atoms with van der Waals surface area (Å²) in [6, 6.07) is 11.1. The molecule has 1 aliphatic heterocycles. The van der Waals surface area contributed by atoms with Crippen LogP contribution in [0.3, 0.4) is 0 Å². The van der Waals surface area contributed by atoms with Gasteiger partial charge in [-0.05, 0) is 30.3 Å². The van der Waals surface area contributed by atoms with Gasteiger partial charge in [0.05, 0.1) is 7.11 Å². The Morgan fingerprint density at radius 3 is 2.64 bits per heavy atom. The molecule has 0 saturated heterocycles. The van der Waals surface area contributed by atoms with Crippen molar-refractivity contribution in [3.05, 3.63) is 58.4 Å². The number of hydrogen-bond acceptors (Lipinski definition) is 7. The van der Waals surface area contributed by atoms with Crippen molar-refractivity contribution in [2.24, 2.45) is 0 Å². The van der Waals surface area contributed by atoms with Crippen LogP contribution in [-0.2, 0) is 0 Å². The van der Waals surface area contributed by atoms with E-state index < -0.39 is 11.6 Å². The van der Waals surface area contributed by atoms with Crippen molar-refractivity contribution in [2.45, 2.75) is 0 Å². The second kappa shape index (κ2) is 5.86. The molecule has 2 heterocycles. The summed E-state index contributed by atoms with van der Waals surface area (Å²) >= 11 is 0. The molecule has 0 spiro atoms. The van der Waals surface area contributed by atoms with Gasteiger partial charge in [-0.15, -0.1) is 0 Å². The standard InChI is InChI=1S/C18H12O7/c1-21-11-3-2-10-6-13(18(20)25-15(10)7-11)17(19)24-12-4-5-14-16(8-12)23-9-22-14/h2-8H,9H2,1H3. The highest BCUT2D eigenvalue weighted by Crippen LogP contribution is 2.35. The van der Waals surface area contributed by atoms with Crippen molar-refractivity contribution >= 4 is 16.9 Å². The van der Waals surface area contributed by atoms with Crippen LogP contribution in [0.25, 0.3) is 11.0 Å². The summed E-state index contributed by atoms with van der Waals surface area (Å²) in [6.45, 7) is 0.116. The maximum absolute atomic E-state index is 12.3. The van der Waals surface area contributed by atoms with Crippen LogP contribution in [0.1, 0.15) is 10.4 Å².